The van der Waals surface area contributed by atoms with Crippen LogP contribution in [0.5, 0.6) is 0 Å². The number of unbranched alkanes of at least 4 members (excludes halogenated alkanes) is 2. The predicted molar refractivity (Wildman–Crippen MR) is 83.0 cm³/mol. The van der Waals surface area contributed by atoms with Crippen molar-refractivity contribution in [1.29, 1.82) is 0 Å². The van der Waals surface area contributed by atoms with E-state index in [4.69, 9.17) is 0 Å². The van der Waals surface area contributed by atoms with Crippen LogP contribution < -0.4 is 10.6 Å². The van der Waals surface area contributed by atoms with Crippen molar-refractivity contribution in [3.05, 3.63) is 23.9 Å². The van der Waals surface area contributed by atoms with Crippen molar-refractivity contribution >= 4 is 23.5 Å². The van der Waals surface area contributed by atoms with Crippen molar-refractivity contribution in [2.45, 2.75) is 26.2 Å². The van der Waals surface area contributed by atoms with Gasteiger partial charge in [-0.25, -0.2) is 4.98 Å². The molecule has 0 radical (unpaired) electrons. The molecule has 0 aliphatic heterocycles. The van der Waals surface area contributed by atoms with Crippen LogP contribution in [0.4, 0.5) is 5.82 Å². The molecule has 0 saturated carbocycles. The topological polar surface area (TPSA) is 54.0 Å². The number of thioether (sulfide) groups is 1. The molecular formula is C14H23N3OS. The first-order valence-electron chi connectivity index (χ1n) is 6.76. The highest BCUT2D eigenvalue weighted by Crippen LogP contribution is 2.05. The molecule has 5 heteroatoms. The molecule has 1 amide bonds. The van der Waals surface area contributed by atoms with E-state index in [1.165, 1.54) is 12.2 Å². The van der Waals surface area contributed by atoms with Gasteiger partial charge in [-0.1, -0.05) is 12.5 Å². The highest BCUT2D eigenvalue weighted by atomic mass is 32.2. The van der Waals surface area contributed by atoms with E-state index in [0.717, 1.165) is 31.7 Å². The van der Waals surface area contributed by atoms with Gasteiger partial charge in [-0.2, -0.15) is 11.8 Å². The van der Waals surface area contributed by atoms with Crippen LogP contribution in [0.3, 0.4) is 0 Å². The Kier molecular flexibility index (Phi) is 8.05. The number of carbonyl (C=O) groups excluding carboxylic acids is 1. The molecule has 19 heavy (non-hydrogen) atoms. The van der Waals surface area contributed by atoms with Gasteiger partial charge in [0, 0.05) is 13.1 Å². The van der Waals surface area contributed by atoms with Crippen molar-refractivity contribution in [3.8, 4) is 0 Å². The number of hydrogen-bond acceptors (Lipinski definition) is 4. The smallest absolute Gasteiger partial charge is 0.269 e. The van der Waals surface area contributed by atoms with Crippen LogP contribution >= 0.6 is 11.8 Å². The van der Waals surface area contributed by atoms with Crippen LogP contribution in [0.15, 0.2) is 18.2 Å². The Labute approximate surface area is 119 Å². The summed E-state index contributed by atoms with van der Waals surface area (Å²) in [6.45, 7) is 3.52. The molecule has 0 unspecified atom stereocenters. The van der Waals surface area contributed by atoms with Gasteiger partial charge in [0.15, 0.2) is 0 Å². The second-order valence-corrected chi connectivity index (χ2v) is 5.23. The predicted octanol–water partition coefficient (Wildman–Crippen LogP) is 2.78. The third kappa shape index (κ3) is 6.47. The Bertz CT molecular complexity index is 385. The quantitative estimate of drug-likeness (QED) is 0.683. The Hall–Kier alpha value is -1.23. The minimum Gasteiger partial charge on any atom is -0.370 e. The number of aromatic nitrogens is 1. The van der Waals surface area contributed by atoms with Crippen molar-refractivity contribution in [3.63, 3.8) is 0 Å². The summed E-state index contributed by atoms with van der Waals surface area (Å²) in [5, 5.41) is 6.01. The normalized spacial score (nSPS) is 10.2. The van der Waals surface area contributed by atoms with Gasteiger partial charge in [0.05, 0.1) is 0 Å². The Morgan fingerprint density at radius 2 is 2.16 bits per heavy atom. The van der Waals surface area contributed by atoms with Gasteiger partial charge in [-0.3, -0.25) is 4.79 Å². The molecule has 106 valence electrons. The molecule has 0 aliphatic rings. The zero-order valence-corrected chi connectivity index (χ0v) is 12.6. The van der Waals surface area contributed by atoms with Crippen LogP contribution in [-0.2, 0) is 0 Å². The average Bonchev–Trinajstić information content (AvgIpc) is 2.43. The van der Waals surface area contributed by atoms with Crippen molar-refractivity contribution in [1.82, 2.24) is 10.3 Å². The van der Waals surface area contributed by atoms with Gasteiger partial charge in [0.2, 0.25) is 0 Å². The molecule has 2 N–H and O–H groups in total. The molecule has 1 heterocycles. The van der Waals surface area contributed by atoms with Gasteiger partial charge in [0.1, 0.15) is 11.5 Å². The second-order valence-electron chi connectivity index (χ2n) is 4.25. The number of anilines is 1. The number of nitrogens with one attached hydrogen (secondary N) is 2. The van der Waals surface area contributed by atoms with Crippen molar-refractivity contribution in [2.75, 3.05) is 30.4 Å². The lowest BCUT2D eigenvalue weighted by Gasteiger charge is -2.06. The number of pyridine rings is 1. The summed E-state index contributed by atoms with van der Waals surface area (Å²) < 4.78 is 0. The van der Waals surface area contributed by atoms with Gasteiger partial charge in [-0.05, 0) is 43.9 Å². The van der Waals surface area contributed by atoms with E-state index in [1.54, 1.807) is 6.07 Å². The summed E-state index contributed by atoms with van der Waals surface area (Å²) in [5.41, 5.74) is 0.475. The maximum atomic E-state index is 11.9. The van der Waals surface area contributed by atoms with Gasteiger partial charge < -0.3 is 10.6 Å². The third-order valence-corrected chi connectivity index (χ3v) is 3.35. The van der Waals surface area contributed by atoms with Crippen LogP contribution in [0.2, 0.25) is 0 Å². The second kappa shape index (κ2) is 9.67. The summed E-state index contributed by atoms with van der Waals surface area (Å²) in [7, 11) is 0. The van der Waals surface area contributed by atoms with E-state index in [-0.39, 0.29) is 5.91 Å². The van der Waals surface area contributed by atoms with E-state index in [0.29, 0.717) is 5.69 Å². The van der Waals surface area contributed by atoms with Gasteiger partial charge >= 0.3 is 0 Å². The number of carbonyl (C=O) groups is 1. The SMILES string of the molecule is CCNc1cccc(C(=O)NCCCCCSC)n1. The molecule has 0 spiro atoms. The summed E-state index contributed by atoms with van der Waals surface area (Å²) in [6.07, 6.45) is 5.52. The molecule has 0 bridgehead atoms. The lowest BCUT2D eigenvalue weighted by atomic mass is 10.2. The molecule has 0 atom stereocenters. The fourth-order valence-corrected chi connectivity index (χ4v) is 2.17. The van der Waals surface area contributed by atoms with Crippen molar-refractivity contribution in [2.24, 2.45) is 0 Å². The highest BCUT2D eigenvalue weighted by Gasteiger charge is 2.06. The maximum Gasteiger partial charge on any atom is 0.269 e. The maximum absolute atomic E-state index is 11.9. The minimum absolute atomic E-state index is 0.0929. The van der Waals surface area contributed by atoms with Gasteiger partial charge in [-0.15, -0.1) is 0 Å². The molecule has 4 nitrogen and oxygen atoms in total. The molecule has 1 aromatic rings. The zero-order chi connectivity index (χ0) is 13.9. The standard InChI is InChI=1S/C14H23N3OS/c1-3-15-13-9-7-8-12(17-13)14(18)16-10-5-4-6-11-19-2/h7-9H,3-6,10-11H2,1-2H3,(H,15,17)(H,16,18). The lowest BCUT2D eigenvalue weighted by Crippen LogP contribution is -2.25. The summed E-state index contributed by atoms with van der Waals surface area (Å²) in [4.78, 5) is 16.1. The largest absolute Gasteiger partial charge is 0.370 e. The number of nitrogens with zero attached hydrogens (tertiary/aromatic N) is 1. The first-order valence-corrected chi connectivity index (χ1v) is 8.15. The molecule has 0 fully saturated rings. The van der Waals surface area contributed by atoms with E-state index in [1.807, 2.05) is 30.8 Å². The van der Waals surface area contributed by atoms with Crippen LogP contribution in [0.25, 0.3) is 0 Å². The van der Waals surface area contributed by atoms with Crippen LogP contribution in [0, 0.1) is 0 Å². The van der Waals surface area contributed by atoms with E-state index in [9.17, 15) is 4.79 Å². The molecule has 0 saturated heterocycles. The van der Waals surface area contributed by atoms with Crippen LogP contribution in [-0.4, -0.2) is 36.0 Å². The summed E-state index contributed by atoms with van der Waals surface area (Å²) in [5.74, 6) is 1.85. The van der Waals surface area contributed by atoms with Crippen molar-refractivity contribution < 1.29 is 4.79 Å². The fraction of sp³-hybridized carbons (Fsp3) is 0.571. The first kappa shape index (κ1) is 15.8. The number of amides is 1. The Morgan fingerprint density at radius 1 is 1.32 bits per heavy atom. The monoisotopic (exact) mass is 281 g/mol. The molecule has 0 aromatic carbocycles. The van der Waals surface area contributed by atoms with Gasteiger partial charge in [0.25, 0.3) is 5.91 Å². The molecule has 1 aromatic heterocycles. The van der Waals surface area contributed by atoms with E-state index in [2.05, 4.69) is 21.9 Å². The molecule has 0 aliphatic carbocycles. The molecular weight excluding hydrogens is 258 g/mol. The summed E-state index contributed by atoms with van der Waals surface area (Å²) >= 11 is 1.86. The zero-order valence-electron chi connectivity index (χ0n) is 11.7. The Balaban J connectivity index is 2.30. The molecule has 1 rings (SSSR count). The Morgan fingerprint density at radius 3 is 2.89 bits per heavy atom. The highest BCUT2D eigenvalue weighted by molar-refractivity contribution is 7.98. The lowest BCUT2D eigenvalue weighted by molar-refractivity contribution is 0.0948. The van der Waals surface area contributed by atoms with Crippen LogP contribution in [0.1, 0.15) is 36.7 Å². The average molecular weight is 281 g/mol. The number of rotatable bonds is 9. The van der Waals surface area contributed by atoms with E-state index >= 15 is 0 Å². The number of hydrogen-bond donors (Lipinski definition) is 2. The first-order chi connectivity index (χ1) is 9.27. The fourth-order valence-electron chi connectivity index (χ4n) is 1.68. The summed E-state index contributed by atoms with van der Waals surface area (Å²) in [6, 6.07) is 5.45. The minimum atomic E-state index is -0.0929. The van der Waals surface area contributed by atoms with E-state index < -0.39 is 0 Å². The third-order valence-electron chi connectivity index (χ3n) is 2.65.